The molecule has 0 fully saturated rings. The molecule has 0 atom stereocenters. The van der Waals surface area contributed by atoms with Crippen molar-refractivity contribution in [1.82, 2.24) is 0 Å². The smallest absolute Gasteiger partial charge is 0.303 e. The monoisotopic (exact) mass is 244 g/mol. The summed E-state index contributed by atoms with van der Waals surface area (Å²) < 4.78 is 31.2. The maximum Gasteiger partial charge on any atom is 0.303 e. The molecule has 0 spiro atoms. The average molecular weight is 244 g/mol. The van der Waals surface area contributed by atoms with Gasteiger partial charge in [0.25, 0.3) is 5.92 Å². The molecule has 0 aliphatic carbocycles. The summed E-state index contributed by atoms with van der Waals surface area (Å²) in [5, 5.41) is 8.58. The molecule has 0 bridgehead atoms. The van der Waals surface area contributed by atoms with E-state index < -0.39 is 11.9 Å². The second-order valence-electron chi connectivity index (χ2n) is 3.81. The second kappa shape index (κ2) is 5.12. The summed E-state index contributed by atoms with van der Waals surface area (Å²) in [6.45, 7) is 0.801. The van der Waals surface area contributed by atoms with E-state index in [1.165, 1.54) is 25.3 Å². The van der Waals surface area contributed by atoms with Crippen LogP contribution in [0.25, 0.3) is 0 Å². The summed E-state index contributed by atoms with van der Waals surface area (Å²) in [6.07, 6.45) is 0.0531. The van der Waals surface area contributed by atoms with Crippen molar-refractivity contribution < 1.29 is 23.4 Å². The Kier molecular flexibility index (Phi) is 4.04. The van der Waals surface area contributed by atoms with Gasteiger partial charge in [-0.2, -0.15) is 0 Å². The Morgan fingerprint density at radius 2 is 2.12 bits per heavy atom. The second-order valence-corrected chi connectivity index (χ2v) is 3.81. The van der Waals surface area contributed by atoms with E-state index >= 15 is 0 Å². The van der Waals surface area contributed by atoms with Gasteiger partial charge in [-0.05, 0) is 30.2 Å². The van der Waals surface area contributed by atoms with Crippen LogP contribution in [0.4, 0.5) is 8.78 Å². The lowest BCUT2D eigenvalue weighted by Gasteiger charge is -2.14. The Labute approximate surface area is 98.0 Å². The van der Waals surface area contributed by atoms with Crippen LogP contribution >= 0.6 is 0 Å². The summed E-state index contributed by atoms with van der Waals surface area (Å²) in [4.78, 5) is 10.5. The molecule has 0 radical (unpaired) electrons. The fourth-order valence-corrected chi connectivity index (χ4v) is 1.49. The fourth-order valence-electron chi connectivity index (χ4n) is 1.49. The van der Waals surface area contributed by atoms with Crippen LogP contribution in [0.2, 0.25) is 0 Å². The van der Waals surface area contributed by atoms with Crippen LogP contribution in [-0.2, 0) is 17.1 Å². The molecule has 1 aromatic rings. The van der Waals surface area contributed by atoms with Gasteiger partial charge in [-0.25, -0.2) is 8.78 Å². The largest absolute Gasteiger partial charge is 0.496 e. The van der Waals surface area contributed by atoms with Crippen LogP contribution in [0.3, 0.4) is 0 Å². The third kappa shape index (κ3) is 3.69. The molecule has 1 aromatic carbocycles. The van der Waals surface area contributed by atoms with Gasteiger partial charge in [-0.3, -0.25) is 4.79 Å². The Bertz CT molecular complexity index is 411. The van der Waals surface area contributed by atoms with Crippen LogP contribution in [0.1, 0.15) is 24.5 Å². The van der Waals surface area contributed by atoms with Crippen molar-refractivity contribution in [2.24, 2.45) is 0 Å². The van der Waals surface area contributed by atoms with Crippen LogP contribution in [0.5, 0.6) is 5.75 Å². The van der Waals surface area contributed by atoms with Gasteiger partial charge in [0.1, 0.15) is 5.75 Å². The zero-order chi connectivity index (χ0) is 13.1. The molecule has 0 saturated carbocycles. The number of methoxy groups -OCH3 is 1. The zero-order valence-corrected chi connectivity index (χ0v) is 9.67. The first-order chi connectivity index (χ1) is 7.84. The minimum atomic E-state index is -2.94. The molecule has 17 heavy (non-hydrogen) atoms. The van der Waals surface area contributed by atoms with Crippen molar-refractivity contribution in [3.63, 3.8) is 0 Å². The van der Waals surface area contributed by atoms with Crippen molar-refractivity contribution in [2.45, 2.75) is 25.7 Å². The van der Waals surface area contributed by atoms with Crippen molar-refractivity contribution >= 4 is 5.97 Å². The number of rotatable bonds is 5. The highest BCUT2D eigenvalue weighted by Crippen LogP contribution is 2.31. The number of benzene rings is 1. The molecular formula is C12H14F2O3. The van der Waals surface area contributed by atoms with Gasteiger partial charge in [-0.15, -0.1) is 0 Å². The van der Waals surface area contributed by atoms with Crippen LogP contribution < -0.4 is 4.74 Å². The fraction of sp³-hybridized carbons (Fsp3) is 0.417. The van der Waals surface area contributed by atoms with Gasteiger partial charge >= 0.3 is 5.97 Å². The molecule has 1 N–H and O–H groups in total. The Balaban J connectivity index is 3.02. The number of carboxylic acids is 1. The van der Waals surface area contributed by atoms with E-state index in [2.05, 4.69) is 0 Å². The van der Waals surface area contributed by atoms with Crippen molar-refractivity contribution in [3.8, 4) is 5.75 Å². The highest BCUT2D eigenvalue weighted by Gasteiger charge is 2.25. The number of hydrogen-bond donors (Lipinski definition) is 1. The summed E-state index contributed by atoms with van der Waals surface area (Å²) in [5.74, 6) is -3.48. The van der Waals surface area contributed by atoms with Crippen molar-refractivity contribution in [1.29, 1.82) is 0 Å². The minimum absolute atomic E-state index is 0.116. The first-order valence-electron chi connectivity index (χ1n) is 5.11. The van der Waals surface area contributed by atoms with Crippen molar-refractivity contribution in [3.05, 3.63) is 29.3 Å². The van der Waals surface area contributed by atoms with E-state index in [1.54, 1.807) is 0 Å². The minimum Gasteiger partial charge on any atom is -0.496 e. The highest BCUT2D eigenvalue weighted by molar-refractivity contribution is 5.67. The van der Waals surface area contributed by atoms with Gasteiger partial charge < -0.3 is 9.84 Å². The van der Waals surface area contributed by atoms with E-state index in [9.17, 15) is 13.6 Å². The van der Waals surface area contributed by atoms with Crippen LogP contribution in [-0.4, -0.2) is 18.2 Å². The number of hydrogen-bond acceptors (Lipinski definition) is 2. The zero-order valence-electron chi connectivity index (χ0n) is 9.67. The number of carboxylic acid groups (broad SMARTS) is 1. The molecule has 0 saturated heterocycles. The topological polar surface area (TPSA) is 46.5 Å². The number of aliphatic carboxylic acids is 1. The average Bonchev–Trinajstić information content (AvgIpc) is 2.24. The number of alkyl halides is 2. The summed E-state index contributed by atoms with van der Waals surface area (Å²) >= 11 is 0. The third-order valence-electron chi connectivity index (χ3n) is 2.40. The predicted molar refractivity (Wildman–Crippen MR) is 58.5 cm³/mol. The standard InChI is InChI=1S/C12H14F2O3/c1-12(13,14)9-4-5-10(17-2)8(7-9)3-6-11(15)16/h4-5,7H,3,6H2,1-2H3,(H,15,16). The van der Waals surface area contributed by atoms with Crippen molar-refractivity contribution in [2.75, 3.05) is 7.11 Å². The Morgan fingerprint density at radius 3 is 2.59 bits per heavy atom. The number of carbonyl (C=O) groups is 1. The van der Waals surface area contributed by atoms with E-state index in [0.717, 1.165) is 6.92 Å². The predicted octanol–water partition coefficient (Wildman–Crippen LogP) is 2.82. The Hall–Kier alpha value is -1.65. The SMILES string of the molecule is COc1ccc(C(C)(F)F)cc1CCC(=O)O. The summed E-state index contributed by atoms with van der Waals surface area (Å²) in [7, 11) is 1.42. The summed E-state index contributed by atoms with van der Waals surface area (Å²) in [5.41, 5.74) is 0.340. The molecule has 0 aromatic heterocycles. The first-order valence-corrected chi connectivity index (χ1v) is 5.11. The number of halogens is 2. The third-order valence-corrected chi connectivity index (χ3v) is 2.40. The molecule has 94 valence electrons. The van der Waals surface area contributed by atoms with E-state index in [4.69, 9.17) is 9.84 Å². The van der Waals surface area contributed by atoms with Gasteiger partial charge in [-0.1, -0.05) is 0 Å². The molecule has 3 nitrogen and oxygen atoms in total. The maximum absolute atomic E-state index is 13.1. The highest BCUT2D eigenvalue weighted by atomic mass is 19.3. The quantitative estimate of drug-likeness (QED) is 0.866. The van der Waals surface area contributed by atoms with E-state index in [0.29, 0.717) is 11.3 Å². The molecule has 0 heterocycles. The van der Waals surface area contributed by atoms with Crippen LogP contribution in [0.15, 0.2) is 18.2 Å². The van der Waals surface area contributed by atoms with Gasteiger partial charge in [0.05, 0.1) is 7.11 Å². The van der Waals surface area contributed by atoms with E-state index in [1.807, 2.05) is 0 Å². The lowest BCUT2D eigenvalue weighted by molar-refractivity contribution is -0.136. The summed E-state index contributed by atoms with van der Waals surface area (Å²) in [6, 6.07) is 4.01. The normalized spacial score (nSPS) is 11.3. The van der Waals surface area contributed by atoms with Gasteiger partial charge in [0.15, 0.2) is 0 Å². The number of aryl methyl sites for hydroxylation is 1. The number of ether oxygens (including phenoxy) is 1. The molecule has 0 unspecified atom stereocenters. The maximum atomic E-state index is 13.1. The lowest BCUT2D eigenvalue weighted by atomic mass is 10.0. The first kappa shape index (κ1) is 13.4. The molecule has 1 rings (SSSR count). The van der Waals surface area contributed by atoms with Crippen LogP contribution in [0, 0.1) is 0 Å². The van der Waals surface area contributed by atoms with Gasteiger partial charge in [0.2, 0.25) is 0 Å². The Morgan fingerprint density at radius 1 is 1.47 bits per heavy atom. The van der Waals surface area contributed by atoms with Gasteiger partial charge in [0, 0.05) is 18.9 Å². The molecule has 0 aliphatic heterocycles. The van der Waals surface area contributed by atoms with E-state index in [-0.39, 0.29) is 18.4 Å². The lowest BCUT2D eigenvalue weighted by Crippen LogP contribution is -2.08. The molecule has 0 amide bonds. The molecule has 0 aliphatic rings. The molecule has 5 heteroatoms. The molecular weight excluding hydrogens is 230 g/mol.